The van der Waals surface area contributed by atoms with Crippen LogP contribution in [0.2, 0.25) is 5.02 Å². The van der Waals surface area contributed by atoms with E-state index in [1.807, 2.05) is 6.92 Å². The molecule has 0 amide bonds. The zero-order chi connectivity index (χ0) is 14.5. The zero-order valence-electron chi connectivity index (χ0n) is 10.8. The maximum atomic E-state index is 13.8. The number of nitrogens with zero attached hydrogens (tertiary/aromatic N) is 2. The second kappa shape index (κ2) is 6.85. The van der Waals surface area contributed by atoms with Gasteiger partial charge in [-0.05, 0) is 24.6 Å². The van der Waals surface area contributed by atoms with Crippen molar-refractivity contribution < 1.29 is 4.39 Å². The van der Waals surface area contributed by atoms with E-state index in [-0.39, 0.29) is 0 Å². The number of anilines is 3. The van der Waals surface area contributed by atoms with E-state index >= 15 is 0 Å². The van der Waals surface area contributed by atoms with Crippen LogP contribution in [0.4, 0.5) is 21.8 Å². The van der Waals surface area contributed by atoms with Crippen LogP contribution in [0.25, 0.3) is 0 Å². The average Bonchev–Trinajstić information content (AvgIpc) is 2.42. The molecule has 0 atom stereocenters. The van der Waals surface area contributed by atoms with Gasteiger partial charge in [-0.15, -0.1) is 0 Å². The minimum absolute atomic E-state index is 0.301. The van der Waals surface area contributed by atoms with E-state index in [0.29, 0.717) is 26.9 Å². The molecule has 0 aliphatic rings. The second-order valence-electron chi connectivity index (χ2n) is 4.07. The summed E-state index contributed by atoms with van der Waals surface area (Å²) >= 11 is 9.22. The Labute approximate surface area is 129 Å². The van der Waals surface area contributed by atoms with Crippen molar-refractivity contribution in [1.29, 1.82) is 0 Å². The third-order valence-electron chi connectivity index (χ3n) is 2.46. The van der Waals surface area contributed by atoms with Crippen molar-refractivity contribution in [3.8, 4) is 0 Å². The predicted octanol–water partition coefficient (Wildman–Crippen LogP) is 4.60. The summed E-state index contributed by atoms with van der Waals surface area (Å²) in [6, 6.07) is 4.71. The highest BCUT2D eigenvalue weighted by Gasteiger charge is 2.09. The Morgan fingerprint density at radius 3 is 2.90 bits per heavy atom. The van der Waals surface area contributed by atoms with Gasteiger partial charge in [0.1, 0.15) is 10.8 Å². The molecular weight excluding hydrogens is 347 g/mol. The molecule has 1 aromatic heterocycles. The van der Waals surface area contributed by atoms with E-state index in [0.717, 1.165) is 13.0 Å². The monoisotopic (exact) mass is 358 g/mol. The maximum absolute atomic E-state index is 13.8. The molecule has 0 bridgehead atoms. The Morgan fingerprint density at radius 2 is 2.20 bits per heavy atom. The summed E-state index contributed by atoms with van der Waals surface area (Å²) in [5, 5.41) is 6.24. The van der Waals surface area contributed by atoms with Crippen molar-refractivity contribution in [1.82, 2.24) is 9.97 Å². The highest BCUT2D eigenvalue weighted by Crippen LogP contribution is 2.26. The van der Waals surface area contributed by atoms with Crippen molar-refractivity contribution >= 4 is 45.0 Å². The van der Waals surface area contributed by atoms with Gasteiger partial charge in [-0.3, -0.25) is 0 Å². The third-order valence-corrected chi connectivity index (χ3v) is 3.23. The topological polar surface area (TPSA) is 49.8 Å². The Kier molecular flexibility index (Phi) is 5.14. The van der Waals surface area contributed by atoms with Gasteiger partial charge in [-0.1, -0.05) is 34.5 Å². The minimum Gasteiger partial charge on any atom is -0.354 e. The molecule has 0 saturated heterocycles. The third kappa shape index (κ3) is 3.80. The van der Waals surface area contributed by atoms with Crippen molar-refractivity contribution in [3.63, 3.8) is 0 Å². The van der Waals surface area contributed by atoms with E-state index in [1.54, 1.807) is 12.1 Å². The number of rotatable bonds is 5. The first kappa shape index (κ1) is 15.0. The van der Waals surface area contributed by atoms with Gasteiger partial charge in [-0.25, -0.2) is 9.37 Å². The number of nitrogens with one attached hydrogen (secondary N) is 2. The molecule has 4 nitrogen and oxygen atoms in total. The predicted molar refractivity (Wildman–Crippen MR) is 83.2 cm³/mol. The fourth-order valence-electron chi connectivity index (χ4n) is 1.50. The molecule has 1 aromatic carbocycles. The van der Waals surface area contributed by atoms with E-state index in [1.165, 1.54) is 12.3 Å². The Bertz CT molecular complexity index is 609. The van der Waals surface area contributed by atoms with E-state index in [2.05, 4.69) is 36.5 Å². The lowest BCUT2D eigenvalue weighted by atomic mass is 10.3. The lowest BCUT2D eigenvalue weighted by Gasteiger charge is -2.10. The molecule has 7 heteroatoms. The first-order valence-corrected chi connectivity index (χ1v) is 7.25. The van der Waals surface area contributed by atoms with Gasteiger partial charge >= 0.3 is 0 Å². The van der Waals surface area contributed by atoms with Gasteiger partial charge in [-0.2, -0.15) is 4.98 Å². The SMILES string of the molecule is CCCNc1ncc(Cl)c(Nc2ccc(Br)cc2F)n1. The number of benzene rings is 1. The number of aromatic nitrogens is 2. The Morgan fingerprint density at radius 1 is 1.40 bits per heavy atom. The summed E-state index contributed by atoms with van der Waals surface area (Å²) in [5.41, 5.74) is 0.301. The number of halogens is 3. The molecule has 106 valence electrons. The molecule has 2 aromatic rings. The average molecular weight is 360 g/mol. The largest absolute Gasteiger partial charge is 0.354 e. The van der Waals surface area contributed by atoms with Crippen LogP contribution in [0.15, 0.2) is 28.9 Å². The van der Waals surface area contributed by atoms with Crippen molar-refractivity contribution in [2.75, 3.05) is 17.2 Å². The fraction of sp³-hybridized carbons (Fsp3) is 0.231. The summed E-state index contributed by atoms with van der Waals surface area (Å²) in [7, 11) is 0. The van der Waals surface area contributed by atoms with Gasteiger partial charge in [0.25, 0.3) is 0 Å². The van der Waals surface area contributed by atoms with E-state index in [9.17, 15) is 4.39 Å². The minimum atomic E-state index is -0.392. The van der Waals surface area contributed by atoms with Crippen LogP contribution in [-0.2, 0) is 0 Å². The zero-order valence-corrected chi connectivity index (χ0v) is 13.1. The van der Waals surface area contributed by atoms with Gasteiger partial charge in [0.05, 0.1) is 11.9 Å². The first-order chi connectivity index (χ1) is 9.60. The molecule has 2 N–H and O–H groups in total. The van der Waals surface area contributed by atoms with Crippen LogP contribution in [0.3, 0.4) is 0 Å². The molecule has 0 saturated carbocycles. The highest BCUT2D eigenvalue weighted by molar-refractivity contribution is 9.10. The first-order valence-electron chi connectivity index (χ1n) is 6.08. The Balaban J connectivity index is 2.23. The highest BCUT2D eigenvalue weighted by atomic mass is 79.9. The lowest BCUT2D eigenvalue weighted by Crippen LogP contribution is -2.06. The maximum Gasteiger partial charge on any atom is 0.224 e. The van der Waals surface area contributed by atoms with Crippen LogP contribution >= 0.6 is 27.5 Å². The van der Waals surface area contributed by atoms with Gasteiger partial charge < -0.3 is 10.6 Å². The van der Waals surface area contributed by atoms with Gasteiger partial charge in [0.2, 0.25) is 5.95 Å². The molecule has 20 heavy (non-hydrogen) atoms. The molecule has 0 radical (unpaired) electrons. The standard InChI is InChI=1S/C13H13BrClFN4/c1-2-5-17-13-18-7-9(15)12(20-13)19-11-4-3-8(14)6-10(11)16/h3-4,6-7H,2,5H2,1H3,(H2,17,18,19,20). The van der Waals surface area contributed by atoms with Gasteiger partial charge in [0, 0.05) is 11.0 Å². The Hall–Kier alpha value is -1.40. The van der Waals surface area contributed by atoms with Crippen molar-refractivity contribution in [3.05, 3.63) is 39.7 Å². The van der Waals surface area contributed by atoms with E-state index < -0.39 is 5.82 Å². The summed E-state index contributed by atoms with van der Waals surface area (Å²) in [5.74, 6) is 0.426. The lowest BCUT2D eigenvalue weighted by molar-refractivity contribution is 0.631. The number of hydrogen-bond donors (Lipinski definition) is 2. The molecule has 0 unspecified atom stereocenters. The van der Waals surface area contributed by atoms with Crippen LogP contribution in [0.1, 0.15) is 13.3 Å². The summed E-state index contributed by atoms with van der Waals surface area (Å²) in [6.45, 7) is 2.80. The van der Waals surface area contributed by atoms with Crippen LogP contribution in [0, 0.1) is 5.82 Å². The fourth-order valence-corrected chi connectivity index (χ4v) is 1.97. The van der Waals surface area contributed by atoms with Crippen molar-refractivity contribution in [2.45, 2.75) is 13.3 Å². The molecule has 0 spiro atoms. The van der Waals surface area contributed by atoms with Crippen LogP contribution in [0.5, 0.6) is 0 Å². The second-order valence-corrected chi connectivity index (χ2v) is 5.39. The summed E-state index contributed by atoms with van der Waals surface area (Å²) < 4.78 is 14.4. The number of hydrogen-bond acceptors (Lipinski definition) is 4. The molecular formula is C13H13BrClFN4. The van der Waals surface area contributed by atoms with Crippen LogP contribution in [-0.4, -0.2) is 16.5 Å². The molecule has 1 heterocycles. The normalized spacial score (nSPS) is 10.4. The van der Waals surface area contributed by atoms with E-state index in [4.69, 9.17) is 11.6 Å². The smallest absolute Gasteiger partial charge is 0.224 e. The summed E-state index contributed by atoms with van der Waals surface area (Å²) in [4.78, 5) is 8.28. The quantitative estimate of drug-likeness (QED) is 0.819. The molecule has 0 aliphatic carbocycles. The summed E-state index contributed by atoms with van der Waals surface area (Å²) in [6.07, 6.45) is 2.43. The van der Waals surface area contributed by atoms with Crippen molar-refractivity contribution in [2.24, 2.45) is 0 Å². The van der Waals surface area contributed by atoms with Gasteiger partial charge in [0.15, 0.2) is 5.82 Å². The molecule has 0 fully saturated rings. The molecule has 2 rings (SSSR count). The molecule has 0 aliphatic heterocycles. The van der Waals surface area contributed by atoms with Crippen LogP contribution < -0.4 is 10.6 Å².